The van der Waals surface area contributed by atoms with Gasteiger partial charge < -0.3 is 19.7 Å². The van der Waals surface area contributed by atoms with Crippen LogP contribution in [0.25, 0.3) is 0 Å². The Kier molecular flexibility index (Phi) is 9.91. The summed E-state index contributed by atoms with van der Waals surface area (Å²) in [4.78, 5) is 24.5. The van der Waals surface area contributed by atoms with Crippen molar-refractivity contribution in [1.29, 1.82) is 5.26 Å². The molecule has 10 nitrogen and oxygen atoms in total. The van der Waals surface area contributed by atoms with Crippen LogP contribution in [0.1, 0.15) is 27.9 Å². The fourth-order valence-electron chi connectivity index (χ4n) is 4.34. The molecule has 0 radical (unpaired) electrons. The van der Waals surface area contributed by atoms with Gasteiger partial charge in [-0.2, -0.15) is 10.2 Å². The van der Waals surface area contributed by atoms with E-state index in [4.69, 9.17) is 26.3 Å². The third kappa shape index (κ3) is 7.57. The molecule has 0 saturated heterocycles. The summed E-state index contributed by atoms with van der Waals surface area (Å²) < 4.78 is 10.5. The van der Waals surface area contributed by atoms with Crippen LogP contribution in [0.4, 0.5) is 17.5 Å². The summed E-state index contributed by atoms with van der Waals surface area (Å²) in [5, 5.41) is 13.9. The van der Waals surface area contributed by atoms with Crippen molar-refractivity contribution in [3.8, 4) is 11.8 Å². The molecule has 2 aromatic carbocycles. The van der Waals surface area contributed by atoms with Crippen molar-refractivity contribution < 1.29 is 14.3 Å². The molecular weight excluding hydrogens is 518 g/mol. The van der Waals surface area contributed by atoms with E-state index in [1.54, 1.807) is 31.4 Å². The quantitative estimate of drug-likeness (QED) is 0.337. The van der Waals surface area contributed by atoms with Gasteiger partial charge in [0.2, 0.25) is 5.95 Å². The average molecular weight is 550 g/mol. The summed E-state index contributed by atoms with van der Waals surface area (Å²) in [6.07, 6.45) is 3.52. The van der Waals surface area contributed by atoms with Gasteiger partial charge in [-0.3, -0.25) is 10.2 Å². The van der Waals surface area contributed by atoms with E-state index in [2.05, 4.69) is 43.8 Å². The van der Waals surface area contributed by atoms with Crippen LogP contribution in [-0.4, -0.2) is 72.8 Å². The summed E-state index contributed by atoms with van der Waals surface area (Å²) in [6.45, 7) is 3.77. The van der Waals surface area contributed by atoms with E-state index in [0.29, 0.717) is 17.3 Å². The minimum atomic E-state index is -0.348. The standard InChI is InChI=1S/C28H32ClN7O3/c1-38-16-15-35-13-9-20-7-8-23(17-21(20)10-14-35)32-28-31-19-25(29)26(33-28)34-36(12-4-11-30)27(37)22-5-3-6-24(18-22)39-2/h3,5-8,17-19H,4,9-10,12-16H2,1-2H3,(H2,31,32,33,34). The maximum Gasteiger partial charge on any atom is 0.272 e. The number of nitriles is 1. The van der Waals surface area contributed by atoms with Crippen LogP contribution in [0.2, 0.25) is 5.02 Å². The second kappa shape index (κ2) is 13.8. The predicted octanol–water partition coefficient (Wildman–Crippen LogP) is 4.31. The number of carbonyl (C=O) groups excluding carboxylic acids is 1. The Balaban J connectivity index is 1.49. The number of rotatable bonds is 11. The summed E-state index contributed by atoms with van der Waals surface area (Å²) in [5.74, 6) is 0.771. The van der Waals surface area contributed by atoms with Crippen molar-refractivity contribution in [3.63, 3.8) is 0 Å². The molecule has 1 aliphatic rings. The lowest BCUT2D eigenvalue weighted by atomic mass is 10.0. The highest BCUT2D eigenvalue weighted by Crippen LogP contribution is 2.25. The van der Waals surface area contributed by atoms with Crippen LogP contribution in [0.15, 0.2) is 48.7 Å². The Morgan fingerprint density at radius 3 is 2.77 bits per heavy atom. The normalized spacial score (nSPS) is 13.1. The van der Waals surface area contributed by atoms with Gasteiger partial charge in [0.1, 0.15) is 10.8 Å². The SMILES string of the molecule is COCCN1CCc2ccc(Nc3ncc(Cl)c(NN(CCC#N)C(=O)c4cccc(OC)c4)n3)cc2CC1. The lowest BCUT2D eigenvalue weighted by Crippen LogP contribution is -2.37. The van der Waals surface area contributed by atoms with E-state index in [1.165, 1.54) is 29.4 Å². The van der Waals surface area contributed by atoms with Crippen molar-refractivity contribution in [2.24, 2.45) is 0 Å². The number of fused-ring (bicyclic) bond motifs is 1. The largest absolute Gasteiger partial charge is 0.497 e. The number of benzene rings is 2. The van der Waals surface area contributed by atoms with Crippen LogP contribution >= 0.6 is 11.6 Å². The molecule has 204 valence electrons. The zero-order chi connectivity index (χ0) is 27.6. The molecule has 1 amide bonds. The summed E-state index contributed by atoms with van der Waals surface area (Å²) in [7, 11) is 3.26. The van der Waals surface area contributed by atoms with Crippen LogP contribution < -0.4 is 15.5 Å². The molecule has 39 heavy (non-hydrogen) atoms. The molecule has 0 bridgehead atoms. The van der Waals surface area contributed by atoms with E-state index in [0.717, 1.165) is 44.8 Å². The fourth-order valence-corrected chi connectivity index (χ4v) is 4.47. The molecule has 2 heterocycles. The summed E-state index contributed by atoms with van der Waals surface area (Å²) in [5.41, 5.74) is 6.86. The van der Waals surface area contributed by atoms with Gasteiger partial charge in [0.25, 0.3) is 5.91 Å². The average Bonchev–Trinajstić information content (AvgIpc) is 3.17. The lowest BCUT2D eigenvalue weighted by molar-refractivity contribution is 0.0795. The highest BCUT2D eigenvalue weighted by molar-refractivity contribution is 6.32. The van der Waals surface area contributed by atoms with E-state index < -0.39 is 0 Å². The molecule has 4 rings (SSSR count). The highest BCUT2D eigenvalue weighted by Gasteiger charge is 2.19. The van der Waals surface area contributed by atoms with Gasteiger partial charge >= 0.3 is 0 Å². The molecule has 1 aromatic heterocycles. The minimum Gasteiger partial charge on any atom is -0.497 e. The Bertz CT molecular complexity index is 1330. The first-order valence-corrected chi connectivity index (χ1v) is 13.1. The number of carbonyl (C=O) groups is 1. The first kappa shape index (κ1) is 28.1. The molecule has 0 fully saturated rings. The molecule has 0 atom stereocenters. The zero-order valence-electron chi connectivity index (χ0n) is 22.1. The number of aromatic nitrogens is 2. The Labute approximate surface area is 233 Å². The van der Waals surface area contributed by atoms with Crippen LogP contribution in [0, 0.1) is 11.3 Å². The predicted molar refractivity (Wildman–Crippen MR) is 150 cm³/mol. The van der Waals surface area contributed by atoms with E-state index in [9.17, 15) is 4.79 Å². The molecule has 3 aromatic rings. The van der Waals surface area contributed by atoms with Gasteiger partial charge in [0, 0.05) is 38.0 Å². The summed E-state index contributed by atoms with van der Waals surface area (Å²) >= 11 is 6.39. The number of nitrogens with zero attached hydrogens (tertiary/aromatic N) is 5. The van der Waals surface area contributed by atoms with Crippen LogP contribution in [0.3, 0.4) is 0 Å². The number of methoxy groups -OCH3 is 2. The number of hydrogen-bond donors (Lipinski definition) is 2. The molecule has 0 unspecified atom stereocenters. The molecule has 0 aliphatic carbocycles. The van der Waals surface area contributed by atoms with E-state index >= 15 is 0 Å². The first-order chi connectivity index (χ1) is 19.0. The van der Waals surface area contributed by atoms with Crippen LogP contribution in [-0.2, 0) is 17.6 Å². The number of amides is 1. The third-order valence-electron chi connectivity index (χ3n) is 6.46. The van der Waals surface area contributed by atoms with Gasteiger partial charge in [0.15, 0.2) is 5.82 Å². The molecule has 0 saturated carbocycles. The molecule has 1 aliphatic heterocycles. The van der Waals surface area contributed by atoms with E-state index in [-0.39, 0.29) is 29.7 Å². The Hall–Kier alpha value is -3.91. The summed E-state index contributed by atoms with van der Waals surface area (Å²) in [6, 6.07) is 15.1. The van der Waals surface area contributed by atoms with Gasteiger partial charge in [-0.15, -0.1) is 0 Å². The van der Waals surface area contributed by atoms with Gasteiger partial charge in [-0.1, -0.05) is 23.7 Å². The molecule has 11 heteroatoms. The second-order valence-electron chi connectivity index (χ2n) is 9.04. The topological polar surface area (TPSA) is 116 Å². The third-order valence-corrected chi connectivity index (χ3v) is 6.74. The molecule has 0 spiro atoms. The van der Waals surface area contributed by atoms with Crippen molar-refractivity contribution in [2.45, 2.75) is 19.3 Å². The maximum absolute atomic E-state index is 13.2. The number of halogens is 1. The van der Waals surface area contributed by atoms with Gasteiger partial charge in [-0.05, 0) is 54.3 Å². The molecular formula is C28H32ClN7O3. The zero-order valence-corrected chi connectivity index (χ0v) is 22.9. The second-order valence-corrected chi connectivity index (χ2v) is 9.45. The lowest BCUT2D eigenvalue weighted by Gasteiger charge is -2.24. The van der Waals surface area contributed by atoms with Gasteiger partial charge in [-0.25, -0.2) is 9.99 Å². The maximum atomic E-state index is 13.2. The van der Waals surface area contributed by atoms with Crippen molar-refractivity contribution in [2.75, 3.05) is 57.7 Å². The Morgan fingerprint density at radius 2 is 2.00 bits per heavy atom. The minimum absolute atomic E-state index is 0.120. The number of ether oxygens (including phenoxy) is 2. The van der Waals surface area contributed by atoms with Crippen molar-refractivity contribution >= 4 is 35.0 Å². The number of nitrogens with one attached hydrogen (secondary N) is 2. The van der Waals surface area contributed by atoms with Crippen molar-refractivity contribution in [3.05, 3.63) is 70.4 Å². The number of hydrogen-bond acceptors (Lipinski definition) is 9. The smallest absolute Gasteiger partial charge is 0.272 e. The fraction of sp³-hybridized carbons (Fsp3) is 0.357. The monoisotopic (exact) mass is 549 g/mol. The van der Waals surface area contributed by atoms with Crippen molar-refractivity contribution in [1.82, 2.24) is 19.9 Å². The number of hydrazine groups is 1. The first-order valence-electron chi connectivity index (χ1n) is 12.7. The number of anilines is 3. The van der Waals surface area contributed by atoms with Crippen LogP contribution in [0.5, 0.6) is 5.75 Å². The highest BCUT2D eigenvalue weighted by atomic mass is 35.5. The van der Waals surface area contributed by atoms with Gasteiger partial charge in [0.05, 0.1) is 38.9 Å². The Morgan fingerprint density at radius 1 is 1.18 bits per heavy atom. The molecule has 2 N–H and O–H groups in total. The van der Waals surface area contributed by atoms with E-state index in [1.807, 2.05) is 6.07 Å².